The lowest BCUT2D eigenvalue weighted by Gasteiger charge is -2.13. The lowest BCUT2D eigenvalue weighted by atomic mass is 9.97. The summed E-state index contributed by atoms with van der Waals surface area (Å²) in [5, 5.41) is 3.93. The van der Waals surface area contributed by atoms with Crippen molar-refractivity contribution in [1.82, 2.24) is 5.16 Å². The third-order valence-electron chi connectivity index (χ3n) is 3.12. The normalized spacial score (nSPS) is 10.6. The van der Waals surface area contributed by atoms with Gasteiger partial charge in [0.2, 0.25) is 0 Å². The number of aromatic nitrogens is 1. The third-order valence-corrected chi connectivity index (χ3v) is 3.12. The molecule has 17 heavy (non-hydrogen) atoms. The standard InChI is InChI=1S/C14H17NO2/c1-8-6-12(13-7-9(2)15-17-13)10(3)11(4)14(8)16-5/h6-7H,1-5H3. The maximum absolute atomic E-state index is 5.41. The Morgan fingerprint density at radius 1 is 1.06 bits per heavy atom. The zero-order valence-corrected chi connectivity index (χ0v) is 10.9. The van der Waals surface area contributed by atoms with Crippen LogP contribution in [0.15, 0.2) is 16.7 Å². The van der Waals surface area contributed by atoms with E-state index in [4.69, 9.17) is 9.26 Å². The summed E-state index contributed by atoms with van der Waals surface area (Å²) < 4.78 is 10.7. The van der Waals surface area contributed by atoms with Crippen LogP contribution in [0.5, 0.6) is 5.75 Å². The Morgan fingerprint density at radius 3 is 2.29 bits per heavy atom. The van der Waals surface area contributed by atoms with Gasteiger partial charge in [0, 0.05) is 11.6 Å². The third kappa shape index (κ3) is 1.93. The first-order valence-electron chi connectivity index (χ1n) is 5.63. The van der Waals surface area contributed by atoms with Crippen LogP contribution in [0.3, 0.4) is 0 Å². The summed E-state index contributed by atoms with van der Waals surface area (Å²) >= 11 is 0. The lowest BCUT2D eigenvalue weighted by molar-refractivity contribution is 0.407. The molecule has 0 saturated carbocycles. The molecule has 0 spiro atoms. The average molecular weight is 231 g/mol. The van der Waals surface area contributed by atoms with Crippen LogP contribution in [-0.4, -0.2) is 12.3 Å². The Hall–Kier alpha value is -1.77. The van der Waals surface area contributed by atoms with Gasteiger partial charge in [0.1, 0.15) is 5.75 Å². The molecule has 1 aromatic carbocycles. The van der Waals surface area contributed by atoms with Crippen molar-refractivity contribution in [3.63, 3.8) is 0 Å². The molecule has 0 atom stereocenters. The van der Waals surface area contributed by atoms with Gasteiger partial charge in [0.25, 0.3) is 0 Å². The van der Waals surface area contributed by atoms with Crippen molar-refractivity contribution in [1.29, 1.82) is 0 Å². The van der Waals surface area contributed by atoms with Crippen LogP contribution in [0.1, 0.15) is 22.4 Å². The van der Waals surface area contributed by atoms with Crippen LogP contribution < -0.4 is 4.74 Å². The minimum absolute atomic E-state index is 0.814. The lowest BCUT2D eigenvalue weighted by Crippen LogP contribution is -1.96. The molecule has 0 saturated heterocycles. The van der Waals surface area contributed by atoms with Crippen LogP contribution in [0.25, 0.3) is 11.3 Å². The SMILES string of the molecule is COc1c(C)cc(-c2cc(C)no2)c(C)c1C. The van der Waals surface area contributed by atoms with E-state index in [0.717, 1.165) is 33.9 Å². The van der Waals surface area contributed by atoms with Crippen molar-refractivity contribution in [3.05, 3.63) is 34.5 Å². The topological polar surface area (TPSA) is 35.3 Å². The molecule has 2 rings (SSSR count). The second-order valence-corrected chi connectivity index (χ2v) is 4.36. The maximum Gasteiger partial charge on any atom is 0.167 e. The first-order valence-corrected chi connectivity index (χ1v) is 5.63. The highest BCUT2D eigenvalue weighted by Gasteiger charge is 2.14. The molecule has 0 radical (unpaired) electrons. The Balaban J connectivity index is 2.64. The molecule has 2 aromatic rings. The molecule has 0 aliphatic rings. The van der Waals surface area contributed by atoms with Gasteiger partial charge in [-0.15, -0.1) is 0 Å². The fraction of sp³-hybridized carbons (Fsp3) is 0.357. The van der Waals surface area contributed by atoms with E-state index >= 15 is 0 Å². The van der Waals surface area contributed by atoms with E-state index in [2.05, 4.69) is 25.1 Å². The average Bonchev–Trinajstić information content (AvgIpc) is 2.71. The molecule has 0 aliphatic carbocycles. The minimum Gasteiger partial charge on any atom is -0.496 e. The summed E-state index contributed by atoms with van der Waals surface area (Å²) in [6.45, 7) is 8.10. The predicted octanol–water partition coefficient (Wildman–Crippen LogP) is 3.58. The molecule has 0 aliphatic heterocycles. The number of rotatable bonds is 2. The highest BCUT2D eigenvalue weighted by atomic mass is 16.5. The summed E-state index contributed by atoms with van der Waals surface area (Å²) in [7, 11) is 1.70. The molecule has 0 N–H and O–H groups in total. The first-order chi connectivity index (χ1) is 8.04. The molecule has 3 heteroatoms. The fourth-order valence-corrected chi connectivity index (χ4v) is 2.12. The quantitative estimate of drug-likeness (QED) is 0.792. The molecule has 0 fully saturated rings. The van der Waals surface area contributed by atoms with Gasteiger partial charge in [-0.3, -0.25) is 0 Å². The number of ether oxygens (including phenoxy) is 1. The monoisotopic (exact) mass is 231 g/mol. The fourth-order valence-electron chi connectivity index (χ4n) is 2.12. The number of hydrogen-bond donors (Lipinski definition) is 0. The molecule has 1 aromatic heterocycles. The Bertz CT molecular complexity index is 556. The van der Waals surface area contributed by atoms with Crippen molar-refractivity contribution in [3.8, 4) is 17.1 Å². The molecule has 1 heterocycles. The van der Waals surface area contributed by atoms with Gasteiger partial charge >= 0.3 is 0 Å². The van der Waals surface area contributed by atoms with Gasteiger partial charge in [-0.25, -0.2) is 0 Å². The van der Waals surface area contributed by atoms with Crippen molar-refractivity contribution in [2.45, 2.75) is 27.7 Å². The van der Waals surface area contributed by atoms with Gasteiger partial charge in [-0.05, 0) is 50.5 Å². The van der Waals surface area contributed by atoms with Crippen LogP contribution in [-0.2, 0) is 0 Å². The highest BCUT2D eigenvalue weighted by molar-refractivity contribution is 5.68. The molecule has 0 amide bonds. The number of methoxy groups -OCH3 is 1. The number of hydrogen-bond acceptors (Lipinski definition) is 3. The summed E-state index contributed by atoms with van der Waals surface area (Å²) in [6, 6.07) is 4.04. The number of benzene rings is 1. The van der Waals surface area contributed by atoms with Crippen LogP contribution >= 0.6 is 0 Å². The molecule has 90 valence electrons. The first kappa shape index (κ1) is 11.7. The second kappa shape index (κ2) is 4.24. The predicted molar refractivity (Wildman–Crippen MR) is 67.4 cm³/mol. The summed E-state index contributed by atoms with van der Waals surface area (Å²) in [5.41, 5.74) is 5.41. The number of aryl methyl sites for hydroxylation is 2. The van der Waals surface area contributed by atoms with Crippen LogP contribution in [0, 0.1) is 27.7 Å². The molecule has 0 bridgehead atoms. The van der Waals surface area contributed by atoms with Crippen molar-refractivity contribution >= 4 is 0 Å². The van der Waals surface area contributed by atoms with Crippen molar-refractivity contribution in [2.75, 3.05) is 7.11 Å². The molecular weight excluding hydrogens is 214 g/mol. The maximum atomic E-state index is 5.41. The summed E-state index contributed by atoms with van der Waals surface area (Å²) in [4.78, 5) is 0. The largest absolute Gasteiger partial charge is 0.496 e. The van der Waals surface area contributed by atoms with E-state index in [0.29, 0.717) is 0 Å². The zero-order valence-electron chi connectivity index (χ0n) is 10.9. The molecule has 0 unspecified atom stereocenters. The van der Waals surface area contributed by atoms with Gasteiger partial charge in [0.15, 0.2) is 5.76 Å². The molecular formula is C14H17NO2. The highest BCUT2D eigenvalue weighted by Crippen LogP contribution is 2.34. The Kier molecular flexibility index (Phi) is 2.92. The zero-order chi connectivity index (χ0) is 12.6. The second-order valence-electron chi connectivity index (χ2n) is 4.36. The summed E-state index contributed by atoms with van der Waals surface area (Å²) in [5.74, 6) is 1.76. The van der Waals surface area contributed by atoms with E-state index < -0.39 is 0 Å². The Morgan fingerprint density at radius 2 is 1.76 bits per heavy atom. The molecule has 3 nitrogen and oxygen atoms in total. The minimum atomic E-state index is 0.814. The van der Waals surface area contributed by atoms with E-state index in [-0.39, 0.29) is 0 Å². The van der Waals surface area contributed by atoms with Crippen LogP contribution in [0.2, 0.25) is 0 Å². The van der Waals surface area contributed by atoms with Crippen molar-refractivity contribution in [2.24, 2.45) is 0 Å². The van der Waals surface area contributed by atoms with E-state index in [1.807, 2.05) is 19.9 Å². The van der Waals surface area contributed by atoms with Gasteiger partial charge in [-0.1, -0.05) is 5.16 Å². The summed E-state index contributed by atoms with van der Waals surface area (Å²) in [6.07, 6.45) is 0. The van der Waals surface area contributed by atoms with E-state index in [9.17, 15) is 0 Å². The Labute approximate surface area is 101 Å². The van der Waals surface area contributed by atoms with E-state index in [1.54, 1.807) is 7.11 Å². The number of nitrogens with zero attached hydrogens (tertiary/aromatic N) is 1. The smallest absolute Gasteiger partial charge is 0.167 e. The van der Waals surface area contributed by atoms with Gasteiger partial charge < -0.3 is 9.26 Å². The van der Waals surface area contributed by atoms with Crippen LogP contribution in [0.4, 0.5) is 0 Å². The van der Waals surface area contributed by atoms with Gasteiger partial charge in [0.05, 0.1) is 12.8 Å². The van der Waals surface area contributed by atoms with Gasteiger partial charge in [-0.2, -0.15) is 0 Å². The van der Waals surface area contributed by atoms with E-state index in [1.165, 1.54) is 5.56 Å². The van der Waals surface area contributed by atoms with Crippen molar-refractivity contribution < 1.29 is 9.26 Å².